The predicted molar refractivity (Wildman–Crippen MR) is 79.3 cm³/mol. The van der Waals surface area contributed by atoms with E-state index in [-0.39, 0.29) is 11.5 Å². The Labute approximate surface area is 116 Å². The van der Waals surface area contributed by atoms with Crippen molar-refractivity contribution in [2.75, 3.05) is 18.1 Å². The van der Waals surface area contributed by atoms with Crippen molar-refractivity contribution in [2.24, 2.45) is 0 Å². The summed E-state index contributed by atoms with van der Waals surface area (Å²) < 4.78 is 22.8. The molecule has 3 nitrogen and oxygen atoms in total. The standard InChI is InChI=1S/C15H23NO2S/c1-3-19(17,18)9-8-16-14-10-13(11-14)15-7-5-4-6-12(15)2/h4-7,13-14,16H,3,8-11H2,1-2H3. The van der Waals surface area contributed by atoms with Gasteiger partial charge in [0, 0.05) is 18.3 Å². The van der Waals surface area contributed by atoms with Crippen LogP contribution in [0.3, 0.4) is 0 Å². The zero-order valence-corrected chi connectivity index (χ0v) is 12.5. The molecule has 106 valence electrons. The van der Waals surface area contributed by atoms with Crippen molar-refractivity contribution >= 4 is 9.84 Å². The molecule has 0 amide bonds. The topological polar surface area (TPSA) is 46.2 Å². The summed E-state index contributed by atoms with van der Waals surface area (Å²) in [5.41, 5.74) is 2.81. The molecule has 1 aliphatic carbocycles. The van der Waals surface area contributed by atoms with Crippen molar-refractivity contribution in [3.63, 3.8) is 0 Å². The second kappa shape index (κ2) is 6.06. The van der Waals surface area contributed by atoms with Gasteiger partial charge in [0.05, 0.1) is 5.75 Å². The van der Waals surface area contributed by atoms with Crippen molar-refractivity contribution in [1.29, 1.82) is 0 Å². The van der Waals surface area contributed by atoms with E-state index in [2.05, 4.69) is 36.5 Å². The lowest BCUT2D eigenvalue weighted by molar-refractivity contribution is 0.295. The monoisotopic (exact) mass is 281 g/mol. The second-order valence-electron chi connectivity index (χ2n) is 5.41. The SMILES string of the molecule is CCS(=O)(=O)CCNC1CC(c2ccccc2C)C1. The Kier molecular flexibility index (Phi) is 4.63. The first-order chi connectivity index (χ1) is 9.02. The van der Waals surface area contributed by atoms with Gasteiger partial charge in [0.15, 0.2) is 9.84 Å². The van der Waals surface area contributed by atoms with E-state index in [0.29, 0.717) is 18.5 Å². The van der Waals surface area contributed by atoms with Crippen molar-refractivity contribution in [3.05, 3.63) is 35.4 Å². The van der Waals surface area contributed by atoms with Gasteiger partial charge in [0.2, 0.25) is 0 Å². The summed E-state index contributed by atoms with van der Waals surface area (Å²) in [5, 5.41) is 3.35. The Hall–Kier alpha value is -0.870. The third-order valence-electron chi connectivity index (χ3n) is 4.05. The van der Waals surface area contributed by atoms with E-state index in [1.807, 2.05) is 0 Å². The van der Waals surface area contributed by atoms with E-state index < -0.39 is 9.84 Å². The van der Waals surface area contributed by atoms with E-state index in [4.69, 9.17) is 0 Å². The molecule has 0 bridgehead atoms. The van der Waals surface area contributed by atoms with Gasteiger partial charge >= 0.3 is 0 Å². The summed E-state index contributed by atoms with van der Waals surface area (Å²) >= 11 is 0. The van der Waals surface area contributed by atoms with Gasteiger partial charge in [-0.25, -0.2) is 8.42 Å². The zero-order chi connectivity index (χ0) is 13.9. The smallest absolute Gasteiger partial charge is 0.151 e. The van der Waals surface area contributed by atoms with Crippen molar-refractivity contribution in [3.8, 4) is 0 Å². The molecule has 4 heteroatoms. The van der Waals surface area contributed by atoms with Crippen LogP contribution in [0.4, 0.5) is 0 Å². The maximum Gasteiger partial charge on any atom is 0.151 e. The predicted octanol–water partition coefficient (Wildman–Crippen LogP) is 2.27. The Bertz CT molecular complexity index is 519. The average Bonchev–Trinajstić information content (AvgIpc) is 2.33. The fourth-order valence-electron chi connectivity index (χ4n) is 2.65. The molecule has 0 atom stereocenters. The average molecular weight is 281 g/mol. The summed E-state index contributed by atoms with van der Waals surface area (Å²) in [6.45, 7) is 4.44. The van der Waals surface area contributed by atoms with Gasteiger partial charge in [-0.15, -0.1) is 0 Å². The fourth-order valence-corrected chi connectivity index (χ4v) is 3.36. The number of nitrogens with one attached hydrogen (secondary N) is 1. The first-order valence-electron chi connectivity index (χ1n) is 7.01. The van der Waals surface area contributed by atoms with Crippen molar-refractivity contribution in [1.82, 2.24) is 5.32 Å². The third kappa shape index (κ3) is 3.80. The number of hydrogen-bond acceptors (Lipinski definition) is 3. The molecule has 0 unspecified atom stereocenters. The zero-order valence-electron chi connectivity index (χ0n) is 11.7. The molecule has 1 N–H and O–H groups in total. The van der Waals surface area contributed by atoms with Crippen LogP contribution in [-0.4, -0.2) is 32.5 Å². The van der Waals surface area contributed by atoms with Gasteiger partial charge in [-0.05, 0) is 36.8 Å². The lowest BCUT2D eigenvalue weighted by atomic mass is 9.74. The first-order valence-corrected chi connectivity index (χ1v) is 8.83. The van der Waals surface area contributed by atoms with Gasteiger partial charge in [0.25, 0.3) is 0 Å². The van der Waals surface area contributed by atoms with Crippen LogP contribution in [0.2, 0.25) is 0 Å². The Balaban J connectivity index is 1.74. The molecule has 1 aromatic rings. The quantitative estimate of drug-likeness (QED) is 0.870. The number of benzene rings is 1. The number of sulfone groups is 1. The minimum atomic E-state index is -2.83. The molecular weight excluding hydrogens is 258 g/mol. The minimum Gasteiger partial charge on any atom is -0.313 e. The maximum absolute atomic E-state index is 11.4. The highest BCUT2D eigenvalue weighted by atomic mass is 32.2. The summed E-state index contributed by atoms with van der Waals surface area (Å²) in [7, 11) is -2.83. The molecular formula is C15H23NO2S. The first kappa shape index (κ1) is 14.5. The van der Waals surface area contributed by atoms with E-state index in [9.17, 15) is 8.42 Å². The van der Waals surface area contributed by atoms with Crippen LogP contribution in [0.15, 0.2) is 24.3 Å². The lowest BCUT2D eigenvalue weighted by Crippen LogP contribution is -2.42. The van der Waals surface area contributed by atoms with Crippen LogP contribution in [0, 0.1) is 6.92 Å². The highest BCUT2D eigenvalue weighted by Crippen LogP contribution is 2.38. The van der Waals surface area contributed by atoms with E-state index in [0.717, 1.165) is 12.8 Å². The van der Waals surface area contributed by atoms with Crippen LogP contribution in [0.5, 0.6) is 0 Å². The minimum absolute atomic E-state index is 0.241. The van der Waals surface area contributed by atoms with Gasteiger partial charge in [-0.2, -0.15) is 0 Å². The Morgan fingerprint density at radius 3 is 2.58 bits per heavy atom. The molecule has 0 aliphatic heterocycles. The van der Waals surface area contributed by atoms with Crippen molar-refractivity contribution in [2.45, 2.75) is 38.6 Å². The maximum atomic E-state index is 11.4. The fraction of sp³-hybridized carbons (Fsp3) is 0.600. The molecule has 0 heterocycles. The van der Waals surface area contributed by atoms with E-state index >= 15 is 0 Å². The highest BCUT2D eigenvalue weighted by molar-refractivity contribution is 7.91. The molecule has 0 spiro atoms. The van der Waals surface area contributed by atoms with Crippen molar-refractivity contribution < 1.29 is 8.42 Å². The number of rotatable bonds is 6. The van der Waals surface area contributed by atoms with Crippen LogP contribution < -0.4 is 5.32 Å². The summed E-state index contributed by atoms with van der Waals surface area (Å²) in [6, 6.07) is 9.01. The van der Waals surface area contributed by atoms with Crippen LogP contribution in [-0.2, 0) is 9.84 Å². The molecule has 1 aromatic carbocycles. The van der Waals surface area contributed by atoms with E-state index in [1.54, 1.807) is 6.92 Å². The largest absolute Gasteiger partial charge is 0.313 e. The Morgan fingerprint density at radius 2 is 1.95 bits per heavy atom. The van der Waals surface area contributed by atoms with Crippen LogP contribution >= 0.6 is 0 Å². The highest BCUT2D eigenvalue weighted by Gasteiger charge is 2.30. The van der Waals surface area contributed by atoms with Crippen LogP contribution in [0.1, 0.15) is 36.8 Å². The third-order valence-corrected chi connectivity index (χ3v) is 5.76. The second-order valence-corrected chi connectivity index (χ2v) is 7.89. The summed E-state index contributed by atoms with van der Waals surface area (Å²) in [6.07, 6.45) is 2.24. The molecule has 1 saturated carbocycles. The number of hydrogen-bond donors (Lipinski definition) is 1. The molecule has 1 fully saturated rings. The molecule has 0 saturated heterocycles. The van der Waals surface area contributed by atoms with Gasteiger partial charge < -0.3 is 5.32 Å². The van der Waals surface area contributed by atoms with Crippen LogP contribution in [0.25, 0.3) is 0 Å². The van der Waals surface area contributed by atoms with Gasteiger partial charge in [0.1, 0.15) is 0 Å². The molecule has 19 heavy (non-hydrogen) atoms. The normalized spacial score (nSPS) is 23.1. The van der Waals surface area contributed by atoms with Gasteiger partial charge in [-0.3, -0.25) is 0 Å². The van der Waals surface area contributed by atoms with E-state index in [1.165, 1.54) is 11.1 Å². The lowest BCUT2D eigenvalue weighted by Gasteiger charge is -2.37. The van der Waals surface area contributed by atoms with Gasteiger partial charge in [-0.1, -0.05) is 31.2 Å². The molecule has 0 radical (unpaired) electrons. The molecule has 0 aromatic heterocycles. The summed E-state index contributed by atoms with van der Waals surface area (Å²) in [5.74, 6) is 1.14. The Morgan fingerprint density at radius 1 is 1.26 bits per heavy atom. The number of aryl methyl sites for hydroxylation is 1. The molecule has 1 aliphatic rings. The molecule has 2 rings (SSSR count). The summed E-state index contributed by atoms with van der Waals surface area (Å²) in [4.78, 5) is 0.